The highest BCUT2D eigenvalue weighted by Crippen LogP contribution is 2.18. The Kier molecular flexibility index (Phi) is 5.55. The summed E-state index contributed by atoms with van der Waals surface area (Å²) >= 11 is 0. The second kappa shape index (κ2) is 6.70. The molecule has 6 nitrogen and oxygen atoms in total. The number of methoxy groups -OCH3 is 1. The average molecular weight is 258 g/mol. The van der Waals surface area contributed by atoms with Gasteiger partial charge in [0.05, 0.1) is 5.54 Å². The molecule has 1 saturated heterocycles. The quantitative estimate of drug-likeness (QED) is 0.565. The lowest BCUT2D eigenvalue weighted by atomic mass is 9.98. The van der Waals surface area contributed by atoms with E-state index in [1.807, 2.05) is 6.92 Å². The molecule has 0 saturated carbocycles. The molecule has 0 aliphatic carbocycles. The Morgan fingerprint density at radius 2 is 2.28 bits per heavy atom. The van der Waals surface area contributed by atoms with E-state index in [-0.39, 0.29) is 5.91 Å². The van der Waals surface area contributed by atoms with E-state index in [0.29, 0.717) is 19.4 Å². The number of carboxylic acids is 1. The predicted octanol–water partition coefficient (Wildman–Crippen LogP) is 0.125. The Labute approximate surface area is 107 Å². The zero-order valence-electron chi connectivity index (χ0n) is 11.0. The molecule has 1 heterocycles. The summed E-state index contributed by atoms with van der Waals surface area (Å²) in [6, 6.07) is -0.841. The van der Waals surface area contributed by atoms with Crippen LogP contribution in [-0.4, -0.2) is 48.8 Å². The Hall–Kier alpha value is -1.14. The molecule has 2 atom stereocenters. The first-order valence-electron chi connectivity index (χ1n) is 6.27. The van der Waals surface area contributed by atoms with Crippen molar-refractivity contribution in [1.29, 1.82) is 0 Å². The lowest BCUT2D eigenvalue weighted by Gasteiger charge is -2.25. The molecule has 0 aromatic heterocycles. The van der Waals surface area contributed by atoms with Crippen molar-refractivity contribution < 1.29 is 19.4 Å². The number of rotatable bonds is 7. The number of amides is 1. The maximum atomic E-state index is 12.0. The molecular weight excluding hydrogens is 236 g/mol. The molecule has 1 aliphatic rings. The van der Waals surface area contributed by atoms with Gasteiger partial charge >= 0.3 is 5.97 Å². The van der Waals surface area contributed by atoms with E-state index in [0.717, 1.165) is 19.4 Å². The van der Waals surface area contributed by atoms with Crippen LogP contribution in [0.25, 0.3) is 0 Å². The van der Waals surface area contributed by atoms with E-state index in [1.54, 1.807) is 7.11 Å². The van der Waals surface area contributed by atoms with Gasteiger partial charge < -0.3 is 20.5 Å². The second-order valence-corrected chi connectivity index (χ2v) is 4.86. The highest BCUT2D eigenvalue weighted by Gasteiger charge is 2.37. The maximum absolute atomic E-state index is 12.0. The van der Waals surface area contributed by atoms with E-state index in [1.165, 1.54) is 0 Å². The number of carboxylic acid groups (broad SMARTS) is 1. The third-order valence-electron chi connectivity index (χ3n) is 3.31. The molecule has 104 valence electrons. The first-order valence-corrected chi connectivity index (χ1v) is 6.27. The van der Waals surface area contributed by atoms with Crippen LogP contribution in [0.15, 0.2) is 0 Å². The Morgan fingerprint density at radius 3 is 2.78 bits per heavy atom. The summed E-state index contributed by atoms with van der Waals surface area (Å²) in [4.78, 5) is 23.1. The lowest BCUT2D eigenvalue weighted by molar-refractivity contribution is -0.143. The SMILES string of the molecule is COCCCC(NC(=O)C1(C)CCCN1)C(=O)O. The zero-order valence-corrected chi connectivity index (χ0v) is 11.0. The van der Waals surface area contributed by atoms with E-state index >= 15 is 0 Å². The molecule has 0 bridgehead atoms. The highest BCUT2D eigenvalue weighted by molar-refractivity contribution is 5.90. The molecule has 6 heteroatoms. The van der Waals surface area contributed by atoms with E-state index in [2.05, 4.69) is 10.6 Å². The minimum absolute atomic E-state index is 0.232. The van der Waals surface area contributed by atoms with E-state index < -0.39 is 17.6 Å². The summed E-state index contributed by atoms with van der Waals surface area (Å²) in [6.07, 6.45) is 2.66. The molecule has 0 radical (unpaired) electrons. The smallest absolute Gasteiger partial charge is 0.326 e. The fraction of sp³-hybridized carbons (Fsp3) is 0.833. The van der Waals surface area contributed by atoms with Crippen molar-refractivity contribution in [2.45, 2.75) is 44.2 Å². The number of hydrogen-bond donors (Lipinski definition) is 3. The number of carbonyl (C=O) groups excluding carboxylic acids is 1. The minimum atomic E-state index is -0.999. The monoisotopic (exact) mass is 258 g/mol. The van der Waals surface area contributed by atoms with Gasteiger partial charge in [0.15, 0.2) is 0 Å². The molecule has 1 amide bonds. The molecule has 1 rings (SSSR count). The highest BCUT2D eigenvalue weighted by atomic mass is 16.5. The molecule has 0 aromatic rings. The van der Waals surface area contributed by atoms with E-state index in [4.69, 9.17) is 9.84 Å². The van der Waals surface area contributed by atoms with Gasteiger partial charge in [0.25, 0.3) is 0 Å². The van der Waals surface area contributed by atoms with Crippen molar-refractivity contribution >= 4 is 11.9 Å². The van der Waals surface area contributed by atoms with Crippen molar-refractivity contribution in [1.82, 2.24) is 10.6 Å². The van der Waals surface area contributed by atoms with Crippen molar-refractivity contribution in [2.75, 3.05) is 20.3 Å². The van der Waals surface area contributed by atoms with Gasteiger partial charge in [-0.1, -0.05) is 0 Å². The normalized spacial score (nSPS) is 24.8. The first kappa shape index (κ1) is 14.9. The van der Waals surface area contributed by atoms with Gasteiger partial charge in [0.2, 0.25) is 5.91 Å². The Morgan fingerprint density at radius 1 is 1.56 bits per heavy atom. The maximum Gasteiger partial charge on any atom is 0.326 e. The number of carbonyl (C=O) groups is 2. The van der Waals surface area contributed by atoms with Gasteiger partial charge in [-0.15, -0.1) is 0 Å². The molecule has 2 unspecified atom stereocenters. The summed E-state index contributed by atoms with van der Waals surface area (Å²) < 4.78 is 4.88. The minimum Gasteiger partial charge on any atom is -0.480 e. The first-order chi connectivity index (χ1) is 8.49. The summed E-state index contributed by atoms with van der Waals surface area (Å²) in [5, 5.41) is 14.8. The van der Waals surface area contributed by atoms with Gasteiger partial charge in [-0.2, -0.15) is 0 Å². The second-order valence-electron chi connectivity index (χ2n) is 4.86. The van der Waals surface area contributed by atoms with Crippen LogP contribution in [0.5, 0.6) is 0 Å². The summed E-state index contributed by atoms with van der Waals surface area (Å²) in [5.41, 5.74) is -0.630. The summed E-state index contributed by atoms with van der Waals surface area (Å²) in [7, 11) is 1.57. The average Bonchev–Trinajstić information content (AvgIpc) is 2.76. The zero-order chi connectivity index (χ0) is 13.6. The van der Waals surface area contributed by atoms with Gasteiger partial charge in [-0.05, 0) is 39.2 Å². The standard InChI is InChI=1S/C12H22N2O4/c1-12(6-4-7-13-12)11(17)14-9(10(15)16)5-3-8-18-2/h9,13H,3-8H2,1-2H3,(H,14,17)(H,15,16). The van der Waals surface area contributed by atoms with Crippen molar-refractivity contribution in [3.63, 3.8) is 0 Å². The van der Waals surface area contributed by atoms with Crippen LogP contribution in [0.4, 0.5) is 0 Å². The van der Waals surface area contributed by atoms with Crippen LogP contribution in [0, 0.1) is 0 Å². The number of ether oxygens (including phenoxy) is 1. The third-order valence-corrected chi connectivity index (χ3v) is 3.31. The fourth-order valence-electron chi connectivity index (χ4n) is 2.10. The summed E-state index contributed by atoms with van der Waals surface area (Å²) in [5.74, 6) is -1.23. The number of hydrogen-bond acceptors (Lipinski definition) is 4. The molecular formula is C12H22N2O4. The van der Waals surface area contributed by atoms with Gasteiger partial charge in [0.1, 0.15) is 6.04 Å². The Balaban J connectivity index is 2.49. The molecule has 1 aliphatic heterocycles. The molecule has 0 spiro atoms. The van der Waals surface area contributed by atoms with Crippen LogP contribution in [0.3, 0.4) is 0 Å². The topological polar surface area (TPSA) is 87.7 Å². The molecule has 1 fully saturated rings. The van der Waals surface area contributed by atoms with Crippen molar-refractivity contribution in [2.24, 2.45) is 0 Å². The lowest BCUT2D eigenvalue weighted by Crippen LogP contribution is -2.55. The Bertz CT molecular complexity index is 300. The summed E-state index contributed by atoms with van der Waals surface area (Å²) in [6.45, 7) is 3.10. The fourth-order valence-corrected chi connectivity index (χ4v) is 2.10. The van der Waals surface area contributed by atoms with Crippen molar-refractivity contribution in [3.8, 4) is 0 Å². The molecule has 18 heavy (non-hydrogen) atoms. The van der Waals surface area contributed by atoms with Crippen LogP contribution in [0.2, 0.25) is 0 Å². The van der Waals surface area contributed by atoms with Crippen LogP contribution >= 0.6 is 0 Å². The van der Waals surface area contributed by atoms with E-state index in [9.17, 15) is 9.59 Å². The largest absolute Gasteiger partial charge is 0.480 e. The van der Waals surface area contributed by atoms with Gasteiger partial charge in [0, 0.05) is 13.7 Å². The van der Waals surface area contributed by atoms with Crippen LogP contribution in [-0.2, 0) is 14.3 Å². The third kappa shape index (κ3) is 3.96. The van der Waals surface area contributed by atoms with Gasteiger partial charge in [-0.25, -0.2) is 4.79 Å². The van der Waals surface area contributed by atoms with Gasteiger partial charge in [-0.3, -0.25) is 4.79 Å². The van der Waals surface area contributed by atoms with Crippen molar-refractivity contribution in [3.05, 3.63) is 0 Å². The number of aliphatic carboxylic acids is 1. The van der Waals surface area contributed by atoms with Crippen LogP contribution < -0.4 is 10.6 Å². The molecule has 3 N–H and O–H groups in total. The molecule has 0 aromatic carbocycles. The van der Waals surface area contributed by atoms with Crippen LogP contribution in [0.1, 0.15) is 32.6 Å². The number of nitrogens with one attached hydrogen (secondary N) is 2. The predicted molar refractivity (Wildman–Crippen MR) is 66.3 cm³/mol.